The second-order valence-electron chi connectivity index (χ2n) is 6.18. The Morgan fingerprint density at radius 1 is 1.22 bits per heavy atom. The molecule has 5 heteroatoms. The second-order valence-corrected chi connectivity index (χ2v) is 6.18. The second kappa shape index (κ2) is 4.13. The summed E-state index contributed by atoms with van der Waals surface area (Å²) in [4.78, 5) is 12.9. The maximum atomic E-state index is 12.9. The van der Waals surface area contributed by atoms with Crippen LogP contribution in [0.15, 0.2) is 53.6 Å². The number of carbonyl (C=O) groups is 1. The van der Waals surface area contributed by atoms with E-state index >= 15 is 0 Å². The van der Waals surface area contributed by atoms with Gasteiger partial charge in [0, 0.05) is 17.7 Å². The van der Waals surface area contributed by atoms with Crippen molar-refractivity contribution in [3.05, 3.63) is 59.7 Å². The number of hydrogen-bond acceptors (Lipinski definition) is 4. The standard InChI is InChI=1S/C18H15N3O2/c1-11-10-15-12-6-2-5-9-16(12)23-18(21(15)20-11)13-7-3-4-8-14(13)19-17(18)22/h2-9,15H,10H2,1H3,(H,19,22). The third-order valence-corrected chi connectivity index (χ3v) is 4.77. The van der Waals surface area contributed by atoms with Crippen molar-refractivity contribution in [2.45, 2.75) is 25.1 Å². The fourth-order valence-corrected chi connectivity index (χ4v) is 3.79. The van der Waals surface area contributed by atoms with Crippen molar-refractivity contribution >= 4 is 17.3 Å². The molecule has 1 spiro atoms. The molecule has 1 amide bonds. The molecule has 3 aliphatic rings. The summed E-state index contributed by atoms with van der Waals surface area (Å²) in [5, 5.41) is 9.44. The van der Waals surface area contributed by atoms with Crippen LogP contribution in [0.2, 0.25) is 0 Å². The van der Waals surface area contributed by atoms with Crippen molar-refractivity contribution in [1.82, 2.24) is 5.01 Å². The average molecular weight is 305 g/mol. The number of ether oxygens (including phenoxy) is 1. The molecule has 5 nitrogen and oxygen atoms in total. The molecule has 2 aromatic rings. The number of hydrogen-bond donors (Lipinski definition) is 1. The lowest BCUT2D eigenvalue weighted by atomic mass is 9.93. The van der Waals surface area contributed by atoms with Crippen LogP contribution in [0.4, 0.5) is 5.69 Å². The largest absolute Gasteiger partial charge is 0.453 e. The molecule has 0 aliphatic carbocycles. The van der Waals surface area contributed by atoms with E-state index < -0.39 is 5.72 Å². The highest BCUT2D eigenvalue weighted by Crippen LogP contribution is 2.53. The van der Waals surface area contributed by atoms with Crippen molar-refractivity contribution < 1.29 is 9.53 Å². The smallest absolute Gasteiger partial charge is 0.306 e. The van der Waals surface area contributed by atoms with Gasteiger partial charge in [-0.25, -0.2) is 5.01 Å². The highest BCUT2D eigenvalue weighted by molar-refractivity contribution is 6.05. The summed E-state index contributed by atoms with van der Waals surface area (Å²) in [6.45, 7) is 1.99. The van der Waals surface area contributed by atoms with Gasteiger partial charge in [0.2, 0.25) is 0 Å². The van der Waals surface area contributed by atoms with E-state index in [4.69, 9.17) is 4.74 Å². The van der Waals surface area contributed by atoms with Gasteiger partial charge in [0.25, 0.3) is 5.91 Å². The van der Waals surface area contributed by atoms with Gasteiger partial charge >= 0.3 is 5.72 Å². The van der Waals surface area contributed by atoms with E-state index in [9.17, 15) is 4.79 Å². The average Bonchev–Trinajstić information content (AvgIpc) is 3.08. The van der Waals surface area contributed by atoms with E-state index in [0.29, 0.717) is 0 Å². The van der Waals surface area contributed by atoms with Gasteiger partial charge in [-0.2, -0.15) is 5.10 Å². The summed E-state index contributed by atoms with van der Waals surface area (Å²) in [6, 6.07) is 15.6. The van der Waals surface area contributed by atoms with Crippen LogP contribution in [0, 0.1) is 0 Å². The minimum absolute atomic E-state index is 0.0249. The molecule has 2 unspecified atom stereocenters. The number of para-hydroxylation sites is 2. The van der Waals surface area contributed by atoms with Crippen LogP contribution < -0.4 is 10.1 Å². The van der Waals surface area contributed by atoms with Gasteiger partial charge in [0.05, 0.1) is 17.3 Å². The zero-order chi connectivity index (χ0) is 15.6. The van der Waals surface area contributed by atoms with Crippen molar-refractivity contribution in [3.8, 4) is 5.75 Å². The van der Waals surface area contributed by atoms with Gasteiger partial charge in [-0.1, -0.05) is 36.4 Å². The maximum Gasteiger partial charge on any atom is 0.306 e. The normalized spacial score (nSPS) is 27.0. The minimum atomic E-state index is -1.21. The summed E-state index contributed by atoms with van der Waals surface area (Å²) >= 11 is 0. The number of carbonyl (C=O) groups excluding carboxylic acids is 1. The number of hydrazone groups is 1. The molecule has 3 heterocycles. The molecule has 1 N–H and O–H groups in total. The van der Waals surface area contributed by atoms with Crippen LogP contribution in [-0.2, 0) is 10.5 Å². The molecular formula is C18H15N3O2. The highest BCUT2D eigenvalue weighted by atomic mass is 16.5. The summed E-state index contributed by atoms with van der Waals surface area (Å²) in [6.07, 6.45) is 0.803. The summed E-state index contributed by atoms with van der Waals surface area (Å²) in [5.74, 6) is 0.571. The summed E-state index contributed by atoms with van der Waals surface area (Å²) < 4.78 is 6.29. The van der Waals surface area contributed by atoms with Gasteiger partial charge in [-0.3, -0.25) is 4.79 Å². The quantitative estimate of drug-likeness (QED) is 0.814. The predicted molar refractivity (Wildman–Crippen MR) is 86.1 cm³/mol. The first-order valence-corrected chi connectivity index (χ1v) is 7.72. The van der Waals surface area contributed by atoms with Crippen LogP contribution in [-0.4, -0.2) is 16.6 Å². The highest BCUT2D eigenvalue weighted by Gasteiger charge is 2.60. The van der Waals surface area contributed by atoms with E-state index in [0.717, 1.165) is 34.7 Å². The molecule has 5 rings (SSSR count). The number of amides is 1. The summed E-state index contributed by atoms with van der Waals surface area (Å²) in [5.41, 5.74) is 2.48. The first-order chi connectivity index (χ1) is 11.2. The Bertz CT molecular complexity index is 876. The van der Waals surface area contributed by atoms with Crippen molar-refractivity contribution in [1.29, 1.82) is 0 Å². The van der Waals surface area contributed by atoms with Crippen LogP contribution in [0.5, 0.6) is 5.75 Å². The van der Waals surface area contributed by atoms with Crippen LogP contribution in [0.3, 0.4) is 0 Å². The number of fused-ring (bicyclic) bond motifs is 6. The van der Waals surface area contributed by atoms with Gasteiger partial charge in [-0.05, 0) is 19.1 Å². The topological polar surface area (TPSA) is 53.9 Å². The molecule has 2 atom stereocenters. The zero-order valence-electron chi connectivity index (χ0n) is 12.6. The van der Waals surface area contributed by atoms with E-state index in [1.165, 1.54) is 0 Å². The predicted octanol–water partition coefficient (Wildman–Crippen LogP) is 3.01. The van der Waals surface area contributed by atoms with Gasteiger partial charge < -0.3 is 10.1 Å². The lowest BCUT2D eigenvalue weighted by Gasteiger charge is -2.44. The maximum absolute atomic E-state index is 12.9. The number of nitrogens with zero attached hydrogens (tertiary/aromatic N) is 2. The van der Waals surface area contributed by atoms with Crippen molar-refractivity contribution in [2.75, 3.05) is 5.32 Å². The van der Waals surface area contributed by atoms with E-state index in [2.05, 4.69) is 10.4 Å². The molecule has 0 saturated heterocycles. The molecular weight excluding hydrogens is 290 g/mol. The lowest BCUT2D eigenvalue weighted by Crippen LogP contribution is -2.55. The first kappa shape index (κ1) is 12.7. The lowest BCUT2D eigenvalue weighted by molar-refractivity contribution is -0.161. The summed E-state index contributed by atoms with van der Waals surface area (Å²) in [7, 11) is 0. The molecule has 0 radical (unpaired) electrons. The molecule has 114 valence electrons. The van der Waals surface area contributed by atoms with Crippen molar-refractivity contribution in [2.24, 2.45) is 5.10 Å². The Morgan fingerprint density at radius 3 is 2.91 bits per heavy atom. The first-order valence-electron chi connectivity index (χ1n) is 7.72. The van der Waals surface area contributed by atoms with E-state index in [1.54, 1.807) is 0 Å². The van der Waals surface area contributed by atoms with E-state index in [1.807, 2.05) is 60.5 Å². The molecule has 23 heavy (non-hydrogen) atoms. The van der Waals surface area contributed by atoms with E-state index in [-0.39, 0.29) is 11.9 Å². The third-order valence-electron chi connectivity index (χ3n) is 4.77. The zero-order valence-corrected chi connectivity index (χ0v) is 12.6. The number of anilines is 1. The third kappa shape index (κ3) is 1.46. The number of benzene rings is 2. The van der Waals surface area contributed by atoms with Gasteiger partial charge in [0.1, 0.15) is 5.75 Å². The SMILES string of the molecule is CC1=NN2C(C1)c1ccccc1OC21C(=O)Nc2ccccc21. The van der Waals surface area contributed by atoms with Gasteiger partial charge in [0.15, 0.2) is 0 Å². The molecule has 0 saturated carbocycles. The Labute approximate surface area is 133 Å². The van der Waals surface area contributed by atoms with Crippen LogP contribution in [0.25, 0.3) is 0 Å². The van der Waals surface area contributed by atoms with Crippen LogP contribution in [0.1, 0.15) is 30.5 Å². The molecule has 0 bridgehead atoms. The Morgan fingerprint density at radius 2 is 2.00 bits per heavy atom. The monoisotopic (exact) mass is 305 g/mol. The van der Waals surface area contributed by atoms with Gasteiger partial charge in [-0.15, -0.1) is 0 Å². The fourth-order valence-electron chi connectivity index (χ4n) is 3.79. The Balaban J connectivity index is 1.79. The van der Waals surface area contributed by atoms with Crippen molar-refractivity contribution in [3.63, 3.8) is 0 Å². The molecule has 2 aromatic carbocycles. The van der Waals surface area contributed by atoms with Crippen LogP contribution >= 0.6 is 0 Å². The number of rotatable bonds is 0. The Hall–Kier alpha value is -2.82. The Kier molecular flexibility index (Phi) is 2.28. The molecule has 0 aromatic heterocycles. The fraction of sp³-hybridized carbons (Fsp3) is 0.222. The molecule has 0 fully saturated rings. The minimum Gasteiger partial charge on any atom is -0.453 e. The number of nitrogens with one attached hydrogen (secondary N) is 1. The molecule has 3 aliphatic heterocycles.